The molecule has 6 rings (SSSR count). The largest absolute Gasteiger partial charge is 0.493 e. The molecule has 3 aromatic carbocycles. The van der Waals surface area contributed by atoms with E-state index in [4.69, 9.17) is 14.2 Å². The van der Waals surface area contributed by atoms with Crippen LogP contribution in [-0.2, 0) is 15.7 Å². The van der Waals surface area contributed by atoms with Crippen LogP contribution in [0.4, 0.5) is 9.18 Å². The molecule has 3 aliphatic heterocycles. The van der Waals surface area contributed by atoms with Crippen LogP contribution in [0.25, 0.3) is 0 Å². The molecule has 0 aliphatic carbocycles. The van der Waals surface area contributed by atoms with Gasteiger partial charge in [0.1, 0.15) is 11.9 Å². The lowest BCUT2D eigenvalue weighted by molar-refractivity contribution is -0.143. The Labute approximate surface area is 304 Å². The number of carboxylic acid groups (broad SMARTS) is 1. The quantitative estimate of drug-likeness (QED) is 0.261. The standard InChI is InChI=1S/C40H49FN4O7/c1-50-33-25-28(26-34(51-2)35(33)52-3)36(46)44-24-17-39(27-44,29-12-14-31(41)15-13-29)16-21-43-22-18-40(19-23-43,30-9-5-4-6-10-30)42-38(49)45-20-8-7-11-32(45)37(47)48/h4-6,9-10,12-15,25-26,32H,7-8,11,16-24,27H2,1-3H3,(H,42,49)(H,47,48). The number of amides is 3. The fraction of sp³-hybridized carbons (Fsp3) is 0.475. The third kappa shape index (κ3) is 7.53. The van der Waals surface area contributed by atoms with Crippen molar-refractivity contribution < 1.29 is 38.1 Å². The molecule has 3 saturated heterocycles. The summed E-state index contributed by atoms with van der Waals surface area (Å²) >= 11 is 0. The number of halogens is 1. The first-order valence-electron chi connectivity index (χ1n) is 18.1. The molecule has 2 atom stereocenters. The number of piperidine rings is 2. The summed E-state index contributed by atoms with van der Waals surface area (Å²) in [5.41, 5.74) is 1.39. The van der Waals surface area contributed by atoms with Crippen LogP contribution in [0, 0.1) is 5.82 Å². The number of methoxy groups -OCH3 is 3. The van der Waals surface area contributed by atoms with Gasteiger partial charge in [0.2, 0.25) is 5.75 Å². The predicted octanol–water partition coefficient (Wildman–Crippen LogP) is 5.67. The highest BCUT2D eigenvalue weighted by Crippen LogP contribution is 2.42. The number of carbonyl (C=O) groups is 3. The zero-order chi connectivity index (χ0) is 36.9. The molecule has 12 heteroatoms. The molecule has 0 aromatic heterocycles. The van der Waals surface area contributed by atoms with Crippen molar-refractivity contribution in [3.8, 4) is 17.2 Å². The van der Waals surface area contributed by atoms with Gasteiger partial charge < -0.3 is 39.3 Å². The lowest BCUT2D eigenvalue weighted by Crippen LogP contribution is -2.59. The summed E-state index contributed by atoms with van der Waals surface area (Å²) in [5.74, 6) is -0.208. The number of urea groups is 1. The van der Waals surface area contributed by atoms with E-state index in [-0.39, 0.29) is 17.8 Å². The van der Waals surface area contributed by atoms with E-state index in [9.17, 15) is 23.9 Å². The van der Waals surface area contributed by atoms with Crippen LogP contribution in [0.3, 0.4) is 0 Å². The normalized spacial score (nSPS) is 21.7. The van der Waals surface area contributed by atoms with E-state index in [0.29, 0.717) is 81.2 Å². The zero-order valence-electron chi connectivity index (χ0n) is 30.2. The van der Waals surface area contributed by atoms with Gasteiger partial charge >= 0.3 is 12.0 Å². The van der Waals surface area contributed by atoms with Crippen LogP contribution in [-0.4, -0.2) is 104 Å². The van der Waals surface area contributed by atoms with Crippen LogP contribution in [0.2, 0.25) is 0 Å². The van der Waals surface area contributed by atoms with E-state index < -0.39 is 23.0 Å². The molecule has 3 aliphatic rings. The van der Waals surface area contributed by atoms with Crippen molar-refractivity contribution in [3.05, 3.63) is 89.2 Å². The Morgan fingerprint density at radius 3 is 2.13 bits per heavy atom. The summed E-state index contributed by atoms with van der Waals surface area (Å²) in [6, 6.07) is 18.8. The minimum Gasteiger partial charge on any atom is -0.493 e. The number of likely N-dealkylation sites (tertiary alicyclic amines) is 3. The molecule has 3 amide bonds. The van der Waals surface area contributed by atoms with Crippen molar-refractivity contribution in [2.75, 3.05) is 60.6 Å². The Bertz CT molecular complexity index is 1710. The van der Waals surface area contributed by atoms with Crippen LogP contribution in [0.1, 0.15) is 66.4 Å². The Morgan fingerprint density at radius 1 is 0.846 bits per heavy atom. The maximum Gasteiger partial charge on any atom is 0.326 e. The first-order valence-corrected chi connectivity index (χ1v) is 18.1. The van der Waals surface area contributed by atoms with E-state index in [1.807, 2.05) is 47.4 Å². The van der Waals surface area contributed by atoms with Crippen LogP contribution < -0.4 is 19.5 Å². The second kappa shape index (κ2) is 15.8. The molecule has 3 fully saturated rings. The third-order valence-electron chi connectivity index (χ3n) is 11.3. The van der Waals surface area contributed by atoms with Gasteiger partial charge in [-0.2, -0.15) is 0 Å². The van der Waals surface area contributed by atoms with E-state index in [0.717, 1.165) is 36.9 Å². The van der Waals surface area contributed by atoms with E-state index in [1.165, 1.54) is 38.4 Å². The second-order valence-corrected chi connectivity index (χ2v) is 14.2. The van der Waals surface area contributed by atoms with Gasteiger partial charge in [0, 0.05) is 43.7 Å². The summed E-state index contributed by atoms with van der Waals surface area (Å²) in [4.78, 5) is 45.4. The number of ether oxygens (including phenoxy) is 3. The van der Waals surface area contributed by atoms with Crippen molar-refractivity contribution >= 4 is 17.9 Å². The predicted molar refractivity (Wildman–Crippen MR) is 194 cm³/mol. The first-order chi connectivity index (χ1) is 25.1. The van der Waals surface area contributed by atoms with Gasteiger partial charge in [-0.1, -0.05) is 42.5 Å². The van der Waals surface area contributed by atoms with E-state index >= 15 is 0 Å². The minimum atomic E-state index is -0.968. The maximum absolute atomic E-state index is 14.1. The number of nitrogens with one attached hydrogen (secondary N) is 1. The average Bonchev–Trinajstić information content (AvgIpc) is 3.62. The number of nitrogens with zero attached hydrogens (tertiary/aromatic N) is 3. The number of carbonyl (C=O) groups excluding carboxylic acids is 2. The SMILES string of the molecule is COc1cc(C(=O)N2CCC(CCN3CCC(NC(=O)N4CCCCC4C(=O)O)(c4ccccc4)CC3)(c3ccc(F)cc3)C2)cc(OC)c1OC. The van der Waals surface area contributed by atoms with Gasteiger partial charge in [-0.15, -0.1) is 0 Å². The summed E-state index contributed by atoms with van der Waals surface area (Å²) in [7, 11) is 4.55. The average molecular weight is 717 g/mol. The Hall–Kier alpha value is -4.84. The Morgan fingerprint density at radius 2 is 1.52 bits per heavy atom. The number of benzene rings is 3. The fourth-order valence-corrected chi connectivity index (χ4v) is 8.30. The molecule has 0 bridgehead atoms. The number of carboxylic acids is 1. The van der Waals surface area contributed by atoms with Crippen LogP contribution in [0.15, 0.2) is 66.7 Å². The van der Waals surface area contributed by atoms with Crippen molar-refractivity contribution in [2.45, 2.75) is 61.9 Å². The van der Waals surface area contributed by atoms with Crippen LogP contribution >= 0.6 is 0 Å². The number of hydrogen-bond acceptors (Lipinski definition) is 7. The molecule has 2 unspecified atom stereocenters. The van der Waals surface area contributed by atoms with Gasteiger partial charge in [0.15, 0.2) is 11.5 Å². The number of rotatable bonds is 11. The van der Waals surface area contributed by atoms with Gasteiger partial charge in [-0.05, 0) is 86.9 Å². The van der Waals surface area contributed by atoms with E-state index in [1.54, 1.807) is 12.1 Å². The topological polar surface area (TPSA) is 121 Å². The van der Waals surface area contributed by atoms with Crippen LogP contribution in [0.5, 0.6) is 17.2 Å². The summed E-state index contributed by atoms with van der Waals surface area (Å²) < 4.78 is 30.6. The summed E-state index contributed by atoms with van der Waals surface area (Å²) in [6.45, 7) is 3.59. The molecule has 0 saturated carbocycles. The third-order valence-corrected chi connectivity index (χ3v) is 11.3. The minimum absolute atomic E-state index is 0.150. The zero-order valence-corrected chi connectivity index (χ0v) is 30.2. The highest BCUT2D eigenvalue weighted by molar-refractivity contribution is 5.96. The molecular formula is C40H49FN4O7. The molecular weight excluding hydrogens is 667 g/mol. The smallest absolute Gasteiger partial charge is 0.326 e. The van der Waals surface area contributed by atoms with Crippen molar-refractivity contribution in [1.82, 2.24) is 20.0 Å². The number of hydrogen-bond donors (Lipinski definition) is 2. The highest BCUT2D eigenvalue weighted by atomic mass is 19.1. The molecule has 278 valence electrons. The number of aliphatic carboxylic acids is 1. The lowest BCUT2D eigenvalue weighted by atomic mass is 9.76. The molecule has 3 aromatic rings. The second-order valence-electron chi connectivity index (χ2n) is 14.2. The lowest BCUT2D eigenvalue weighted by Gasteiger charge is -2.45. The maximum atomic E-state index is 14.1. The molecule has 0 radical (unpaired) electrons. The van der Waals surface area contributed by atoms with Gasteiger partial charge in [0.05, 0.1) is 26.9 Å². The van der Waals surface area contributed by atoms with Gasteiger partial charge in [-0.25, -0.2) is 14.0 Å². The molecule has 2 N–H and O–H groups in total. The molecule has 11 nitrogen and oxygen atoms in total. The first kappa shape index (κ1) is 36.9. The Kier molecular flexibility index (Phi) is 11.2. The van der Waals surface area contributed by atoms with Gasteiger partial charge in [0.25, 0.3) is 5.91 Å². The fourth-order valence-electron chi connectivity index (χ4n) is 8.30. The molecule has 0 spiro atoms. The summed E-state index contributed by atoms with van der Waals surface area (Å²) in [6.07, 6.45) is 4.80. The summed E-state index contributed by atoms with van der Waals surface area (Å²) in [5, 5.41) is 13.1. The Balaban J connectivity index is 1.18. The highest BCUT2D eigenvalue weighted by Gasteiger charge is 2.44. The molecule has 52 heavy (non-hydrogen) atoms. The van der Waals surface area contributed by atoms with Gasteiger partial charge in [-0.3, -0.25) is 4.79 Å². The van der Waals surface area contributed by atoms with Crippen molar-refractivity contribution in [2.24, 2.45) is 0 Å². The monoisotopic (exact) mass is 716 g/mol. The van der Waals surface area contributed by atoms with Crippen molar-refractivity contribution in [1.29, 1.82) is 0 Å². The van der Waals surface area contributed by atoms with E-state index in [2.05, 4.69) is 10.2 Å². The molecule has 3 heterocycles. The van der Waals surface area contributed by atoms with Crippen molar-refractivity contribution in [3.63, 3.8) is 0 Å².